The van der Waals surface area contributed by atoms with Crippen LogP contribution >= 0.6 is 23.2 Å². The molecule has 1 aliphatic rings. The number of benzene rings is 2. The van der Waals surface area contributed by atoms with E-state index in [1.54, 1.807) is 13.2 Å². The van der Waals surface area contributed by atoms with Gasteiger partial charge in [0.2, 0.25) is 5.91 Å². The Balaban J connectivity index is 2.02. The first kappa shape index (κ1) is 19.6. The van der Waals surface area contributed by atoms with E-state index in [4.69, 9.17) is 33.7 Å². The second-order valence-electron chi connectivity index (χ2n) is 6.42. The maximum Gasteiger partial charge on any atom is 0.224 e. The molecule has 0 saturated carbocycles. The lowest BCUT2D eigenvalue weighted by Crippen LogP contribution is -2.37. The highest BCUT2D eigenvalue weighted by molar-refractivity contribution is 6.30. The molecule has 4 nitrogen and oxygen atoms in total. The lowest BCUT2D eigenvalue weighted by Gasteiger charge is -2.35. The van der Waals surface area contributed by atoms with Gasteiger partial charge >= 0.3 is 0 Å². The number of anilines is 1. The quantitative estimate of drug-likeness (QED) is 0.568. The Labute approximate surface area is 169 Å². The fourth-order valence-electron chi connectivity index (χ4n) is 3.36. The van der Waals surface area contributed by atoms with Crippen molar-refractivity contribution >= 4 is 40.4 Å². The topological polar surface area (TPSA) is 55.6 Å². The maximum absolute atomic E-state index is 12.6. The van der Waals surface area contributed by atoms with Crippen molar-refractivity contribution in [1.29, 1.82) is 0 Å². The minimum atomic E-state index is -0.186. The van der Waals surface area contributed by atoms with Crippen molar-refractivity contribution in [2.75, 3.05) is 25.3 Å². The van der Waals surface area contributed by atoms with Gasteiger partial charge in [-0.15, -0.1) is 11.6 Å². The largest absolute Gasteiger partial charge is 0.497 e. The number of rotatable bonds is 5. The molecule has 3 rings (SSSR count). The van der Waals surface area contributed by atoms with Crippen LogP contribution < -0.4 is 10.5 Å². The van der Waals surface area contributed by atoms with Gasteiger partial charge in [-0.1, -0.05) is 29.8 Å². The SMILES string of the molecule is COc1ccc(C2C=C(c3cc(Cl)ccc3N)CCN2C(=O)CCCl)cc1. The van der Waals surface area contributed by atoms with Crippen molar-refractivity contribution in [2.45, 2.75) is 18.9 Å². The zero-order chi connectivity index (χ0) is 19.4. The van der Waals surface area contributed by atoms with E-state index in [2.05, 4.69) is 6.08 Å². The van der Waals surface area contributed by atoms with Gasteiger partial charge in [0.05, 0.1) is 13.2 Å². The number of halogens is 2. The lowest BCUT2D eigenvalue weighted by molar-refractivity contribution is -0.132. The summed E-state index contributed by atoms with van der Waals surface area (Å²) in [7, 11) is 1.63. The molecule has 0 bridgehead atoms. The Kier molecular flexibility index (Phi) is 6.30. The second kappa shape index (κ2) is 8.68. The zero-order valence-corrected chi connectivity index (χ0v) is 16.6. The summed E-state index contributed by atoms with van der Waals surface area (Å²) in [5.41, 5.74) is 9.87. The van der Waals surface area contributed by atoms with E-state index in [-0.39, 0.29) is 11.9 Å². The molecule has 2 aromatic rings. The highest BCUT2D eigenvalue weighted by Crippen LogP contribution is 2.37. The molecule has 1 aliphatic heterocycles. The van der Waals surface area contributed by atoms with E-state index in [0.29, 0.717) is 36.0 Å². The van der Waals surface area contributed by atoms with Gasteiger partial charge in [0.15, 0.2) is 0 Å². The van der Waals surface area contributed by atoms with Crippen molar-refractivity contribution in [3.63, 3.8) is 0 Å². The molecule has 1 atom stereocenters. The average Bonchev–Trinajstić information content (AvgIpc) is 2.69. The summed E-state index contributed by atoms with van der Waals surface area (Å²) in [6.45, 7) is 0.601. The lowest BCUT2D eigenvalue weighted by atomic mass is 9.91. The van der Waals surface area contributed by atoms with Crippen LogP contribution in [0.3, 0.4) is 0 Å². The van der Waals surface area contributed by atoms with Crippen LogP contribution in [0.2, 0.25) is 5.02 Å². The molecular weight excluding hydrogens is 383 g/mol. The molecule has 0 aliphatic carbocycles. The molecule has 6 heteroatoms. The number of carbonyl (C=O) groups is 1. The molecule has 0 spiro atoms. The predicted molar refractivity (Wildman–Crippen MR) is 111 cm³/mol. The van der Waals surface area contributed by atoms with Gasteiger partial charge in [-0.2, -0.15) is 0 Å². The van der Waals surface area contributed by atoms with E-state index >= 15 is 0 Å². The maximum atomic E-state index is 12.6. The third-order valence-electron chi connectivity index (χ3n) is 4.76. The summed E-state index contributed by atoms with van der Waals surface area (Å²) in [5, 5.41) is 0.641. The van der Waals surface area contributed by atoms with Crippen molar-refractivity contribution in [3.05, 3.63) is 64.7 Å². The van der Waals surface area contributed by atoms with Crippen molar-refractivity contribution in [3.8, 4) is 5.75 Å². The summed E-state index contributed by atoms with van der Waals surface area (Å²) in [5.74, 6) is 1.12. The monoisotopic (exact) mass is 404 g/mol. The van der Waals surface area contributed by atoms with Crippen LogP contribution in [0.4, 0.5) is 5.69 Å². The molecule has 27 heavy (non-hydrogen) atoms. The smallest absolute Gasteiger partial charge is 0.224 e. The van der Waals surface area contributed by atoms with Crippen LogP contribution in [0, 0.1) is 0 Å². The molecule has 0 fully saturated rings. The van der Waals surface area contributed by atoms with Crippen molar-refractivity contribution < 1.29 is 9.53 Å². The molecule has 2 aromatic carbocycles. The van der Waals surface area contributed by atoms with Crippen LogP contribution in [0.25, 0.3) is 5.57 Å². The Morgan fingerprint density at radius 3 is 2.67 bits per heavy atom. The highest BCUT2D eigenvalue weighted by Gasteiger charge is 2.28. The summed E-state index contributed by atoms with van der Waals surface area (Å²) < 4.78 is 5.24. The number of ether oxygens (including phenoxy) is 1. The number of methoxy groups -OCH3 is 1. The number of amides is 1. The number of nitrogens with zero attached hydrogens (tertiary/aromatic N) is 1. The Bertz CT molecular complexity index is 850. The summed E-state index contributed by atoms with van der Waals surface area (Å²) in [6, 6.07) is 13.0. The van der Waals surface area contributed by atoms with Gasteiger partial charge in [-0.3, -0.25) is 4.79 Å². The van der Waals surface area contributed by atoms with Gasteiger partial charge in [0.25, 0.3) is 0 Å². The fourth-order valence-corrected chi connectivity index (χ4v) is 3.69. The normalized spacial score (nSPS) is 16.8. The number of nitrogens with two attached hydrogens (primary N) is 1. The average molecular weight is 405 g/mol. The molecule has 0 aromatic heterocycles. The summed E-state index contributed by atoms with van der Waals surface area (Å²) in [4.78, 5) is 14.5. The van der Waals surface area contributed by atoms with Crippen LogP contribution in [0.15, 0.2) is 48.5 Å². The predicted octanol–water partition coefficient (Wildman–Crippen LogP) is 4.92. The zero-order valence-electron chi connectivity index (χ0n) is 15.1. The minimum Gasteiger partial charge on any atom is -0.497 e. The number of hydrogen-bond donors (Lipinski definition) is 1. The second-order valence-corrected chi connectivity index (χ2v) is 7.23. The Morgan fingerprint density at radius 1 is 1.26 bits per heavy atom. The van der Waals surface area contributed by atoms with Crippen LogP contribution in [0.1, 0.15) is 30.0 Å². The van der Waals surface area contributed by atoms with E-state index < -0.39 is 0 Å². The first-order chi connectivity index (χ1) is 13.0. The van der Waals surface area contributed by atoms with Crippen molar-refractivity contribution in [2.24, 2.45) is 0 Å². The molecule has 1 unspecified atom stereocenters. The number of nitrogen functional groups attached to an aromatic ring is 1. The third-order valence-corrected chi connectivity index (χ3v) is 5.19. The van der Waals surface area contributed by atoms with E-state index in [9.17, 15) is 4.79 Å². The number of hydrogen-bond acceptors (Lipinski definition) is 3. The first-order valence-electron chi connectivity index (χ1n) is 8.79. The number of alkyl halides is 1. The van der Waals surface area contributed by atoms with Gasteiger partial charge in [0.1, 0.15) is 5.75 Å². The summed E-state index contributed by atoms with van der Waals surface area (Å²) in [6.07, 6.45) is 3.13. The molecular formula is C21H22Cl2N2O2. The third kappa shape index (κ3) is 4.40. The van der Waals surface area contributed by atoms with Gasteiger partial charge in [0, 0.05) is 35.1 Å². The van der Waals surface area contributed by atoms with Gasteiger partial charge < -0.3 is 15.4 Å². The highest BCUT2D eigenvalue weighted by atomic mass is 35.5. The van der Waals surface area contributed by atoms with Gasteiger partial charge in [-0.25, -0.2) is 0 Å². The van der Waals surface area contributed by atoms with E-state index in [1.807, 2.05) is 41.3 Å². The van der Waals surface area contributed by atoms with E-state index in [1.165, 1.54) is 0 Å². The Hall–Kier alpha value is -2.17. The molecule has 142 valence electrons. The molecule has 0 saturated heterocycles. The molecule has 1 heterocycles. The standard InChI is InChI=1S/C21H22Cl2N2O2/c1-27-17-5-2-14(3-6-17)20-12-15(9-11-25(20)21(26)8-10-22)18-13-16(23)4-7-19(18)24/h2-7,12-13,20H,8-11,24H2,1H3. The first-order valence-corrected chi connectivity index (χ1v) is 9.70. The molecule has 1 amide bonds. The van der Waals surface area contributed by atoms with Crippen LogP contribution in [-0.2, 0) is 4.79 Å². The van der Waals surface area contributed by atoms with E-state index in [0.717, 1.165) is 22.4 Å². The van der Waals surface area contributed by atoms with Crippen LogP contribution in [0.5, 0.6) is 5.75 Å². The fraction of sp³-hybridized carbons (Fsp3) is 0.286. The van der Waals surface area contributed by atoms with Crippen molar-refractivity contribution in [1.82, 2.24) is 4.90 Å². The van der Waals surface area contributed by atoms with Gasteiger partial charge in [-0.05, 0) is 47.9 Å². The molecule has 0 radical (unpaired) electrons. The number of carbonyl (C=O) groups excluding carboxylic acids is 1. The Morgan fingerprint density at radius 2 is 2.00 bits per heavy atom. The molecule has 2 N–H and O–H groups in total. The van der Waals surface area contributed by atoms with Crippen LogP contribution in [-0.4, -0.2) is 30.3 Å². The minimum absolute atomic E-state index is 0.0418. The summed E-state index contributed by atoms with van der Waals surface area (Å²) >= 11 is 12.0.